The summed E-state index contributed by atoms with van der Waals surface area (Å²) in [5.74, 6) is 0.840. The molecule has 1 N–H and O–H groups in total. The van der Waals surface area contributed by atoms with Gasteiger partial charge in [-0.3, -0.25) is 0 Å². The van der Waals surface area contributed by atoms with Crippen molar-refractivity contribution in [2.75, 3.05) is 16.8 Å². The monoisotopic (exact) mass is 583 g/mol. The van der Waals surface area contributed by atoms with E-state index in [2.05, 4.69) is 122 Å². The molecule has 1 aliphatic rings. The molecule has 44 heavy (non-hydrogen) atoms. The first-order valence-corrected chi connectivity index (χ1v) is 15.7. The summed E-state index contributed by atoms with van der Waals surface area (Å²) in [5, 5.41) is 5.97. The second-order valence-electron chi connectivity index (χ2n) is 10.3. The molecule has 4 aromatic carbocycles. The van der Waals surface area contributed by atoms with Crippen molar-refractivity contribution in [2.45, 2.75) is 53.4 Å². The van der Waals surface area contributed by atoms with Gasteiger partial charge in [-0.15, -0.1) is 13.2 Å². The zero-order valence-corrected chi connectivity index (χ0v) is 27.0. The first kappa shape index (κ1) is 32.1. The van der Waals surface area contributed by atoms with E-state index < -0.39 is 0 Å². The molecule has 3 heterocycles. The van der Waals surface area contributed by atoms with E-state index in [-0.39, 0.29) is 5.41 Å². The zero-order valence-electron chi connectivity index (χ0n) is 27.0. The number of fused-ring (bicyclic) bond motifs is 4. The molecule has 226 valence electrons. The maximum Gasteiger partial charge on any atom is 0.154 e. The van der Waals surface area contributed by atoms with E-state index in [1.807, 2.05) is 52.1 Å². The van der Waals surface area contributed by atoms with Crippen LogP contribution in [0.1, 0.15) is 53.5 Å². The molecule has 4 nitrogen and oxygen atoms in total. The van der Waals surface area contributed by atoms with Crippen LogP contribution >= 0.6 is 0 Å². The van der Waals surface area contributed by atoms with Gasteiger partial charge < -0.3 is 14.6 Å². The maximum atomic E-state index is 6.25. The summed E-state index contributed by atoms with van der Waals surface area (Å²) in [5.41, 5.74) is 8.84. The molecular formula is C40H45N3O. The Labute approximate surface area is 263 Å². The van der Waals surface area contributed by atoms with Gasteiger partial charge in [-0.1, -0.05) is 108 Å². The quantitative estimate of drug-likeness (QED) is 0.205. The van der Waals surface area contributed by atoms with Gasteiger partial charge in [0.2, 0.25) is 0 Å². The largest absolute Gasteiger partial charge is 0.456 e. The first-order chi connectivity index (χ1) is 21.7. The molecule has 6 aromatic rings. The predicted octanol–water partition coefficient (Wildman–Crippen LogP) is 12.1. The molecular weight excluding hydrogens is 538 g/mol. The van der Waals surface area contributed by atoms with Crippen molar-refractivity contribution in [2.24, 2.45) is 0 Å². The van der Waals surface area contributed by atoms with Gasteiger partial charge >= 0.3 is 0 Å². The molecule has 0 saturated carbocycles. The normalized spacial score (nSPS) is 14.8. The SMILES string of the molecule is C=C.CC.CC.CCC1(C)CN(c2cccnc2Nc2ccc3oc4ccccc4c3c2-c2ccccc2)c2ccccc21. The van der Waals surface area contributed by atoms with Crippen LogP contribution in [0, 0.1) is 0 Å². The van der Waals surface area contributed by atoms with Crippen LogP contribution in [0.4, 0.5) is 22.9 Å². The van der Waals surface area contributed by atoms with Gasteiger partial charge in [0.1, 0.15) is 11.2 Å². The van der Waals surface area contributed by atoms with Gasteiger partial charge in [0.25, 0.3) is 0 Å². The number of hydrogen-bond donors (Lipinski definition) is 1. The van der Waals surface area contributed by atoms with Crippen LogP contribution in [0.25, 0.3) is 33.1 Å². The summed E-state index contributed by atoms with van der Waals surface area (Å²) in [7, 11) is 0. The molecule has 0 amide bonds. The Morgan fingerprint density at radius 3 is 2.18 bits per heavy atom. The molecule has 0 saturated heterocycles. The van der Waals surface area contributed by atoms with E-state index >= 15 is 0 Å². The second kappa shape index (κ2) is 14.6. The molecule has 1 aliphatic heterocycles. The molecule has 0 spiro atoms. The second-order valence-corrected chi connectivity index (χ2v) is 10.3. The van der Waals surface area contributed by atoms with Crippen molar-refractivity contribution in [1.82, 2.24) is 4.98 Å². The number of nitrogens with zero attached hydrogens (tertiary/aromatic N) is 2. The third-order valence-corrected chi connectivity index (χ3v) is 8.07. The van der Waals surface area contributed by atoms with E-state index in [1.165, 1.54) is 11.3 Å². The molecule has 0 bridgehead atoms. The predicted molar refractivity (Wildman–Crippen MR) is 192 cm³/mol. The number of nitrogens with one attached hydrogen (secondary N) is 1. The van der Waals surface area contributed by atoms with Gasteiger partial charge in [0.05, 0.1) is 5.69 Å². The van der Waals surface area contributed by atoms with Crippen molar-refractivity contribution in [1.29, 1.82) is 0 Å². The van der Waals surface area contributed by atoms with Crippen LogP contribution in [0.2, 0.25) is 0 Å². The molecule has 2 aromatic heterocycles. The summed E-state index contributed by atoms with van der Waals surface area (Å²) in [6.07, 6.45) is 2.94. The molecule has 0 fully saturated rings. The number of aromatic nitrogens is 1. The fourth-order valence-corrected chi connectivity index (χ4v) is 5.92. The topological polar surface area (TPSA) is 41.3 Å². The van der Waals surface area contributed by atoms with Crippen molar-refractivity contribution in [3.63, 3.8) is 0 Å². The fraction of sp³-hybridized carbons (Fsp3) is 0.225. The summed E-state index contributed by atoms with van der Waals surface area (Å²) in [6, 6.07) is 35.9. The Balaban J connectivity index is 0.000000696. The zero-order chi connectivity index (χ0) is 31.7. The van der Waals surface area contributed by atoms with Gasteiger partial charge in [-0.25, -0.2) is 4.98 Å². The van der Waals surface area contributed by atoms with E-state index in [4.69, 9.17) is 9.40 Å². The summed E-state index contributed by atoms with van der Waals surface area (Å²) in [6.45, 7) is 19.6. The number of hydrogen-bond acceptors (Lipinski definition) is 4. The molecule has 7 rings (SSSR count). The summed E-state index contributed by atoms with van der Waals surface area (Å²) in [4.78, 5) is 7.27. The van der Waals surface area contributed by atoms with E-state index in [0.717, 1.165) is 63.2 Å². The van der Waals surface area contributed by atoms with Gasteiger partial charge in [0.15, 0.2) is 5.82 Å². The third kappa shape index (κ3) is 5.85. The number of para-hydroxylation sites is 2. The Morgan fingerprint density at radius 2 is 1.43 bits per heavy atom. The minimum Gasteiger partial charge on any atom is -0.456 e. The Bertz CT molecular complexity index is 1810. The lowest BCUT2D eigenvalue weighted by molar-refractivity contribution is 0.492. The Kier molecular flexibility index (Phi) is 10.6. The third-order valence-electron chi connectivity index (χ3n) is 8.07. The molecule has 1 unspecified atom stereocenters. The van der Waals surface area contributed by atoms with Crippen LogP contribution in [-0.2, 0) is 5.41 Å². The molecule has 0 aliphatic carbocycles. The summed E-state index contributed by atoms with van der Waals surface area (Å²) >= 11 is 0. The Morgan fingerprint density at radius 1 is 0.773 bits per heavy atom. The van der Waals surface area contributed by atoms with Gasteiger partial charge in [-0.2, -0.15) is 0 Å². The van der Waals surface area contributed by atoms with Crippen LogP contribution in [0.3, 0.4) is 0 Å². The maximum absolute atomic E-state index is 6.25. The van der Waals surface area contributed by atoms with Crippen LogP contribution in [-0.4, -0.2) is 11.5 Å². The number of pyridine rings is 1. The van der Waals surface area contributed by atoms with E-state index in [1.54, 1.807) is 0 Å². The lowest BCUT2D eigenvalue weighted by Crippen LogP contribution is -2.28. The fourth-order valence-electron chi connectivity index (χ4n) is 5.92. The minimum absolute atomic E-state index is 0.0908. The highest BCUT2D eigenvalue weighted by Gasteiger charge is 2.38. The number of anilines is 4. The lowest BCUT2D eigenvalue weighted by Gasteiger charge is -2.26. The van der Waals surface area contributed by atoms with Gasteiger partial charge in [-0.05, 0) is 53.9 Å². The van der Waals surface area contributed by atoms with Crippen LogP contribution in [0.15, 0.2) is 127 Å². The molecule has 1 atom stereocenters. The van der Waals surface area contributed by atoms with E-state index in [0.29, 0.717) is 0 Å². The molecule has 4 heteroatoms. The highest BCUT2D eigenvalue weighted by Crippen LogP contribution is 2.48. The van der Waals surface area contributed by atoms with Crippen molar-refractivity contribution in [3.8, 4) is 11.1 Å². The number of benzene rings is 4. The number of rotatable bonds is 5. The standard InChI is InChI=1S/C34H29N3O.2C2H6.C2H4/c1-3-34(2)22-37(27-16-9-8-15-25(27)34)28-17-11-21-35-33(28)36-26-19-20-30-32(24-14-7-10-18-29(24)38-30)31(26)23-12-5-4-6-13-23;3*1-2/h4-21H,3,22H2,1-2H3,(H,35,36);2*1-2H3;1-2H2. The first-order valence-electron chi connectivity index (χ1n) is 15.7. The van der Waals surface area contributed by atoms with E-state index in [9.17, 15) is 0 Å². The van der Waals surface area contributed by atoms with Crippen molar-refractivity contribution < 1.29 is 4.42 Å². The van der Waals surface area contributed by atoms with Gasteiger partial charge in [0, 0.05) is 45.9 Å². The van der Waals surface area contributed by atoms with Crippen molar-refractivity contribution in [3.05, 3.63) is 128 Å². The Hall–Kier alpha value is -4.83. The smallest absolute Gasteiger partial charge is 0.154 e. The lowest BCUT2D eigenvalue weighted by atomic mass is 9.82. The summed E-state index contributed by atoms with van der Waals surface area (Å²) < 4.78 is 6.25. The van der Waals surface area contributed by atoms with Crippen LogP contribution < -0.4 is 10.2 Å². The molecule has 0 radical (unpaired) electrons. The van der Waals surface area contributed by atoms with Crippen molar-refractivity contribution >= 4 is 44.8 Å². The average Bonchev–Trinajstić information content (AvgIpc) is 3.64. The van der Waals surface area contributed by atoms with Crippen LogP contribution in [0.5, 0.6) is 0 Å². The highest BCUT2D eigenvalue weighted by atomic mass is 16.3. The minimum atomic E-state index is 0.0908. The average molecular weight is 584 g/mol. The number of furan rings is 1. The highest BCUT2D eigenvalue weighted by molar-refractivity contribution is 6.15.